The Balaban J connectivity index is 2.69. The number of pyridine rings is 1. The topological polar surface area (TPSA) is 62.5 Å². The third kappa shape index (κ3) is 1.69. The molecule has 0 saturated heterocycles. The number of hydrogen-bond donors (Lipinski definition) is 2. The lowest BCUT2D eigenvalue weighted by molar-refractivity contribution is 0.457. The average Bonchev–Trinajstić information content (AvgIpc) is 2.23. The van der Waals surface area contributed by atoms with Crippen LogP contribution in [0, 0.1) is 0 Å². The van der Waals surface area contributed by atoms with Crippen molar-refractivity contribution in [2.24, 2.45) is 0 Å². The molecular formula is C11H9NO3. The van der Waals surface area contributed by atoms with Crippen molar-refractivity contribution in [2.45, 2.75) is 0 Å². The highest BCUT2D eigenvalue weighted by Crippen LogP contribution is 2.24. The summed E-state index contributed by atoms with van der Waals surface area (Å²) in [7, 11) is 0. The Labute approximate surface area is 85.7 Å². The quantitative estimate of drug-likeness (QED) is 0.685. The standard InChI is InChI=1S/C11H9NO3/c13-8-4-5-10(14)9(7-8)12-6-2-1-3-11(12)15/h1-7,13-14H. The SMILES string of the molecule is O=c1ccccn1-c1cc(O)ccc1O. The molecule has 76 valence electrons. The Morgan fingerprint density at radius 1 is 1.07 bits per heavy atom. The number of aromatic hydroxyl groups is 2. The third-order valence-electron chi connectivity index (χ3n) is 2.04. The van der Waals surface area contributed by atoms with E-state index in [-0.39, 0.29) is 22.7 Å². The fourth-order valence-corrected chi connectivity index (χ4v) is 1.33. The summed E-state index contributed by atoms with van der Waals surface area (Å²) in [5.41, 5.74) is -0.000926. The Morgan fingerprint density at radius 3 is 2.60 bits per heavy atom. The molecule has 1 aromatic heterocycles. The Hall–Kier alpha value is -2.23. The first-order valence-electron chi connectivity index (χ1n) is 4.38. The Bertz CT molecular complexity index is 546. The fourth-order valence-electron chi connectivity index (χ4n) is 1.33. The first-order valence-corrected chi connectivity index (χ1v) is 4.38. The molecule has 15 heavy (non-hydrogen) atoms. The molecule has 0 aliphatic rings. The molecule has 0 amide bonds. The van der Waals surface area contributed by atoms with Crippen molar-refractivity contribution in [3.05, 3.63) is 52.9 Å². The van der Waals surface area contributed by atoms with Crippen LogP contribution < -0.4 is 5.56 Å². The first kappa shape index (κ1) is 9.33. The van der Waals surface area contributed by atoms with Crippen molar-refractivity contribution in [1.29, 1.82) is 0 Å². The van der Waals surface area contributed by atoms with E-state index in [2.05, 4.69) is 0 Å². The summed E-state index contributed by atoms with van der Waals surface area (Å²) < 4.78 is 1.26. The van der Waals surface area contributed by atoms with Gasteiger partial charge in [0.25, 0.3) is 5.56 Å². The van der Waals surface area contributed by atoms with Crippen LogP contribution >= 0.6 is 0 Å². The molecule has 2 rings (SSSR count). The second-order valence-electron chi connectivity index (χ2n) is 3.08. The summed E-state index contributed by atoms with van der Waals surface area (Å²) in [5, 5.41) is 18.8. The lowest BCUT2D eigenvalue weighted by Gasteiger charge is -2.07. The zero-order valence-corrected chi connectivity index (χ0v) is 7.79. The number of rotatable bonds is 1. The van der Waals surface area contributed by atoms with E-state index in [0.29, 0.717) is 0 Å². The fraction of sp³-hybridized carbons (Fsp3) is 0. The maximum atomic E-state index is 11.5. The van der Waals surface area contributed by atoms with Gasteiger partial charge in [0.2, 0.25) is 0 Å². The highest BCUT2D eigenvalue weighted by molar-refractivity contribution is 5.49. The van der Waals surface area contributed by atoms with Gasteiger partial charge in [0, 0.05) is 18.3 Å². The minimum absolute atomic E-state index is 0.00134. The summed E-state index contributed by atoms with van der Waals surface area (Å²) in [6.07, 6.45) is 1.52. The van der Waals surface area contributed by atoms with Gasteiger partial charge in [0.05, 0.1) is 5.69 Å². The van der Waals surface area contributed by atoms with Gasteiger partial charge in [-0.3, -0.25) is 9.36 Å². The maximum Gasteiger partial charge on any atom is 0.255 e. The van der Waals surface area contributed by atoms with Crippen molar-refractivity contribution in [2.75, 3.05) is 0 Å². The molecule has 0 aliphatic heterocycles. The molecule has 0 saturated carbocycles. The predicted octanol–water partition coefficient (Wildman–Crippen LogP) is 1.25. The molecule has 4 nitrogen and oxygen atoms in total. The number of aromatic nitrogens is 1. The van der Waals surface area contributed by atoms with Crippen LogP contribution in [0.2, 0.25) is 0 Å². The van der Waals surface area contributed by atoms with Gasteiger partial charge < -0.3 is 10.2 Å². The summed E-state index contributed by atoms with van der Waals surface area (Å²) in [4.78, 5) is 11.5. The van der Waals surface area contributed by atoms with E-state index in [9.17, 15) is 15.0 Å². The van der Waals surface area contributed by atoms with Crippen LogP contribution in [0.15, 0.2) is 47.4 Å². The molecule has 1 aromatic carbocycles. The van der Waals surface area contributed by atoms with E-state index in [0.717, 1.165) is 0 Å². The van der Waals surface area contributed by atoms with E-state index in [4.69, 9.17) is 0 Å². The van der Waals surface area contributed by atoms with Crippen molar-refractivity contribution in [3.8, 4) is 17.2 Å². The molecule has 4 heteroatoms. The zero-order valence-electron chi connectivity index (χ0n) is 7.79. The highest BCUT2D eigenvalue weighted by Gasteiger charge is 2.05. The van der Waals surface area contributed by atoms with E-state index in [1.54, 1.807) is 12.1 Å². The molecule has 0 atom stereocenters. The molecule has 0 radical (unpaired) electrons. The third-order valence-corrected chi connectivity index (χ3v) is 2.04. The Morgan fingerprint density at radius 2 is 1.87 bits per heavy atom. The van der Waals surface area contributed by atoms with E-state index in [1.165, 1.54) is 35.0 Å². The molecule has 0 bridgehead atoms. The normalized spacial score (nSPS) is 10.1. The second kappa shape index (κ2) is 3.49. The number of nitrogens with zero attached hydrogens (tertiary/aromatic N) is 1. The molecular weight excluding hydrogens is 194 g/mol. The summed E-state index contributed by atoms with van der Waals surface area (Å²) in [6.45, 7) is 0. The highest BCUT2D eigenvalue weighted by atomic mass is 16.3. The zero-order chi connectivity index (χ0) is 10.8. The number of hydrogen-bond acceptors (Lipinski definition) is 3. The van der Waals surface area contributed by atoms with Gasteiger partial charge in [-0.2, -0.15) is 0 Å². The van der Waals surface area contributed by atoms with Crippen LogP contribution in [-0.2, 0) is 0 Å². The van der Waals surface area contributed by atoms with Crippen molar-refractivity contribution < 1.29 is 10.2 Å². The molecule has 1 heterocycles. The van der Waals surface area contributed by atoms with Crippen LogP contribution in [-0.4, -0.2) is 14.8 Å². The van der Waals surface area contributed by atoms with Crippen molar-refractivity contribution in [3.63, 3.8) is 0 Å². The molecule has 0 aliphatic carbocycles. The molecule has 0 fully saturated rings. The van der Waals surface area contributed by atoms with Gasteiger partial charge in [0.1, 0.15) is 11.5 Å². The Kier molecular flexibility index (Phi) is 2.17. The number of benzene rings is 1. The van der Waals surface area contributed by atoms with Crippen LogP contribution in [0.4, 0.5) is 0 Å². The van der Waals surface area contributed by atoms with Crippen molar-refractivity contribution in [1.82, 2.24) is 4.57 Å². The average molecular weight is 203 g/mol. The van der Waals surface area contributed by atoms with Crippen LogP contribution in [0.25, 0.3) is 5.69 Å². The van der Waals surface area contributed by atoms with Gasteiger partial charge in [0.15, 0.2) is 0 Å². The van der Waals surface area contributed by atoms with Crippen LogP contribution in [0.5, 0.6) is 11.5 Å². The monoisotopic (exact) mass is 203 g/mol. The lowest BCUT2D eigenvalue weighted by Crippen LogP contribution is -2.15. The van der Waals surface area contributed by atoms with Gasteiger partial charge in [-0.05, 0) is 18.2 Å². The summed E-state index contributed by atoms with van der Waals surface area (Å²) in [5.74, 6) is -0.0559. The van der Waals surface area contributed by atoms with Crippen LogP contribution in [0.3, 0.4) is 0 Å². The maximum absolute atomic E-state index is 11.5. The molecule has 0 unspecified atom stereocenters. The molecule has 2 N–H and O–H groups in total. The lowest BCUT2D eigenvalue weighted by atomic mass is 10.2. The molecule has 2 aromatic rings. The second-order valence-corrected chi connectivity index (χ2v) is 3.08. The van der Waals surface area contributed by atoms with Gasteiger partial charge in [-0.25, -0.2) is 0 Å². The van der Waals surface area contributed by atoms with Crippen molar-refractivity contribution >= 4 is 0 Å². The molecule has 0 spiro atoms. The van der Waals surface area contributed by atoms with Gasteiger partial charge in [-0.15, -0.1) is 0 Å². The predicted molar refractivity (Wildman–Crippen MR) is 55.4 cm³/mol. The number of phenols is 2. The summed E-state index contributed by atoms with van der Waals surface area (Å²) >= 11 is 0. The minimum Gasteiger partial charge on any atom is -0.508 e. The van der Waals surface area contributed by atoms with Crippen LogP contribution in [0.1, 0.15) is 0 Å². The van der Waals surface area contributed by atoms with E-state index < -0.39 is 0 Å². The smallest absolute Gasteiger partial charge is 0.255 e. The van der Waals surface area contributed by atoms with E-state index in [1.807, 2.05) is 0 Å². The minimum atomic E-state index is -0.265. The van der Waals surface area contributed by atoms with E-state index >= 15 is 0 Å². The number of phenolic OH excluding ortho intramolecular Hbond substituents is 2. The van der Waals surface area contributed by atoms with Gasteiger partial charge in [-0.1, -0.05) is 6.07 Å². The largest absolute Gasteiger partial charge is 0.508 e. The first-order chi connectivity index (χ1) is 7.18. The van der Waals surface area contributed by atoms with Gasteiger partial charge >= 0.3 is 0 Å². The summed E-state index contributed by atoms with van der Waals surface area (Å²) in [6, 6.07) is 8.68.